The molecule has 2 aromatic heterocycles. The van der Waals surface area contributed by atoms with Crippen LogP contribution in [0.3, 0.4) is 0 Å². The van der Waals surface area contributed by atoms with Crippen LogP contribution in [-0.4, -0.2) is 44.6 Å². The second kappa shape index (κ2) is 10.5. The Balaban J connectivity index is 1.33. The highest BCUT2D eigenvalue weighted by Crippen LogP contribution is 2.32. The predicted molar refractivity (Wildman–Crippen MR) is 156 cm³/mol. The number of hydrogen-bond acceptors (Lipinski definition) is 6. The third kappa shape index (κ3) is 5.99. The van der Waals surface area contributed by atoms with Crippen molar-refractivity contribution in [3.05, 3.63) is 76.5 Å². The molecule has 3 heterocycles. The lowest BCUT2D eigenvalue weighted by atomic mass is 9.99. The standard InChI is InChI=1S/C29H31BrN6O2/c1-18-5-7-20(8-6-18)33-26-24(30)17-32-27(35-26)34-21-9-10-25-22(15-21)23(16-31-25)19-11-13-36(14-12-19)28(37)38-29(2,3)4/h5-11,15-17,31H,12-14H2,1-4H3,(H2,32,33,34,35). The summed E-state index contributed by atoms with van der Waals surface area (Å²) in [5.74, 6) is 1.17. The molecule has 9 heteroatoms. The molecule has 0 aliphatic carbocycles. The molecule has 1 aliphatic rings. The molecule has 1 aliphatic heterocycles. The van der Waals surface area contributed by atoms with E-state index in [-0.39, 0.29) is 6.09 Å². The number of fused-ring (bicyclic) bond motifs is 1. The number of hydrogen-bond donors (Lipinski definition) is 3. The van der Waals surface area contributed by atoms with Gasteiger partial charge in [0.1, 0.15) is 11.4 Å². The number of halogens is 1. The Bertz CT molecular complexity index is 1500. The van der Waals surface area contributed by atoms with E-state index in [2.05, 4.69) is 72.7 Å². The molecule has 38 heavy (non-hydrogen) atoms. The van der Waals surface area contributed by atoms with E-state index in [0.29, 0.717) is 24.9 Å². The lowest BCUT2D eigenvalue weighted by Gasteiger charge is -2.29. The maximum Gasteiger partial charge on any atom is 0.410 e. The van der Waals surface area contributed by atoms with Crippen molar-refractivity contribution >= 4 is 61.6 Å². The van der Waals surface area contributed by atoms with Crippen LogP contribution in [0.25, 0.3) is 16.5 Å². The molecule has 0 unspecified atom stereocenters. The van der Waals surface area contributed by atoms with E-state index in [1.54, 1.807) is 11.1 Å². The topological polar surface area (TPSA) is 95.2 Å². The number of nitrogens with one attached hydrogen (secondary N) is 3. The summed E-state index contributed by atoms with van der Waals surface area (Å²) in [5.41, 5.74) is 5.91. The van der Waals surface area contributed by atoms with Gasteiger partial charge in [-0.2, -0.15) is 4.98 Å². The number of anilines is 4. The Hall–Kier alpha value is -3.85. The first-order valence-corrected chi connectivity index (χ1v) is 13.4. The first kappa shape index (κ1) is 25.8. The van der Waals surface area contributed by atoms with E-state index < -0.39 is 5.60 Å². The number of carbonyl (C=O) groups excluding carboxylic acids is 1. The van der Waals surface area contributed by atoms with E-state index in [1.165, 1.54) is 11.1 Å². The van der Waals surface area contributed by atoms with E-state index >= 15 is 0 Å². The van der Waals surface area contributed by atoms with Crippen molar-refractivity contribution in [2.24, 2.45) is 0 Å². The number of aryl methyl sites for hydroxylation is 1. The lowest BCUT2D eigenvalue weighted by Crippen LogP contribution is -2.39. The number of carbonyl (C=O) groups is 1. The van der Waals surface area contributed by atoms with Gasteiger partial charge in [-0.15, -0.1) is 0 Å². The first-order chi connectivity index (χ1) is 18.1. The van der Waals surface area contributed by atoms with Crippen LogP contribution in [0.1, 0.15) is 38.3 Å². The average Bonchev–Trinajstić information content (AvgIpc) is 3.30. The number of rotatable bonds is 5. The summed E-state index contributed by atoms with van der Waals surface area (Å²) in [6.07, 6.45) is 6.35. The SMILES string of the molecule is Cc1ccc(Nc2nc(Nc3ccc4[nH]cc(C5=CCN(C(=O)OC(C)(C)C)CC5)c4c3)ncc2Br)cc1. The first-order valence-electron chi connectivity index (χ1n) is 12.6. The van der Waals surface area contributed by atoms with Crippen LogP contribution in [0.5, 0.6) is 0 Å². The Kier molecular flexibility index (Phi) is 7.12. The zero-order chi connectivity index (χ0) is 26.9. The fraction of sp³-hybridized carbons (Fsp3) is 0.276. The molecule has 1 amide bonds. The van der Waals surface area contributed by atoms with E-state index in [0.717, 1.165) is 38.7 Å². The molecule has 3 N–H and O–H groups in total. The maximum absolute atomic E-state index is 12.4. The summed E-state index contributed by atoms with van der Waals surface area (Å²) < 4.78 is 6.30. The van der Waals surface area contributed by atoms with E-state index in [1.807, 2.05) is 51.2 Å². The fourth-order valence-electron chi connectivity index (χ4n) is 4.29. The number of aromatic amines is 1. The van der Waals surface area contributed by atoms with Crippen LogP contribution < -0.4 is 10.6 Å². The van der Waals surface area contributed by atoms with Crippen molar-refractivity contribution in [2.45, 2.75) is 39.7 Å². The molecule has 0 bridgehead atoms. The monoisotopic (exact) mass is 574 g/mol. The lowest BCUT2D eigenvalue weighted by molar-refractivity contribution is 0.0270. The fourth-order valence-corrected chi connectivity index (χ4v) is 4.58. The molecule has 5 rings (SSSR count). The van der Waals surface area contributed by atoms with Crippen LogP contribution in [0, 0.1) is 6.92 Å². The number of H-pyrrole nitrogens is 1. The number of benzene rings is 2. The van der Waals surface area contributed by atoms with Gasteiger partial charge < -0.3 is 25.3 Å². The number of aromatic nitrogens is 3. The van der Waals surface area contributed by atoms with Crippen molar-refractivity contribution < 1.29 is 9.53 Å². The summed E-state index contributed by atoms with van der Waals surface area (Å²) in [7, 11) is 0. The minimum atomic E-state index is -0.503. The molecular weight excluding hydrogens is 544 g/mol. The molecule has 4 aromatic rings. The van der Waals surface area contributed by atoms with Gasteiger partial charge in [0.15, 0.2) is 0 Å². The Labute approximate surface area is 230 Å². The second-order valence-corrected chi connectivity index (χ2v) is 11.2. The zero-order valence-corrected chi connectivity index (χ0v) is 23.5. The summed E-state index contributed by atoms with van der Waals surface area (Å²) in [4.78, 5) is 26.7. The highest BCUT2D eigenvalue weighted by molar-refractivity contribution is 9.10. The number of nitrogens with zero attached hydrogens (tertiary/aromatic N) is 3. The minimum absolute atomic E-state index is 0.274. The Morgan fingerprint density at radius 3 is 2.58 bits per heavy atom. The van der Waals surface area contributed by atoms with Crippen LogP contribution in [0.4, 0.5) is 27.9 Å². The molecule has 0 fully saturated rings. The number of amides is 1. The van der Waals surface area contributed by atoms with Crippen molar-refractivity contribution in [1.82, 2.24) is 19.9 Å². The maximum atomic E-state index is 12.4. The quantitative estimate of drug-likeness (QED) is 0.228. The van der Waals surface area contributed by atoms with E-state index in [9.17, 15) is 4.79 Å². The van der Waals surface area contributed by atoms with Gasteiger partial charge in [-0.3, -0.25) is 0 Å². The third-order valence-corrected chi connectivity index (χ3v) is 6.78. The normalized spacial score (nSPS) is 13.8. The zero-order valence-electron chi connectivity index (χ0n) is 21.9. The average molecular weight is 576 g/mol. The van der Waals surface area contributed by atoms with Crippen molar-refractivity contribution in [3.8, 4) is 0 Å². The van der Waals surface area contributed by atoms with Crippen LogP contribution in [-0.2, 0) is 4.74 Å². The Morgan fingerprint density at radius 1 is 1.11 bits per heavy atom. The molecule has 0 saturated carbocycles. The third-order valence-electron chi connectivity index (χ3n) is 6.20. The Morgan fingerprint density at radius 2 is 1.87 bits per heavy atom. The molecule has 0 radical (unpaired) electrons. The van der Waals surface area contributed by atoms with Crippen LogP contribution in [0.2, 0.25) is 0 Å². The van der Waals surface area contributed by atoms with Gasteiger partial charge in [0.2, 0.25) is 5.95 Å². The summed E-state index contributed by atoms with van der Waals surface area (Å²) in [6, 6.07) is 14.3. The van der Waals surface area contributed by atoms with Crippen molar-refractivity contribution in [2.75, 3.05) is 23.7 Å². The summed E-state index contributed by atoms with van der Waals surface area (Å²) in [6.45, 7) is 8.85. The minimum Gasteiger partial charge on any atom is -0.444 e. The van der Waals surface area contributed by atoms with Crippen LogP contribution >= 0.6 is 15.9 Å². The van der Waals surface area contributed by atoms with Gasteiger partial charge in [-0.05, 0) is 86.0 Å². The molecule has 8 nitrogen and oxygen atoms in total. The smallest absolute Gasteiger partial charge is 0.410 e. The van der Waals surface area contributed by atoms with E-state index in [4.69, 9.17) is 4.74 Å². The molecule has 196 valence electrons. The molecule has 0 saturated heterocycles. The molecule has 0 atom stereocenters. The van der Waals surface area contributed by atoms with Gasteiger partial charge in [0, 0.05) is 53.3 Å². The van der Waals surface area contributed by atoms with Crippen LogP contribution in [0.15, 0.2) is 65.4 Å². The largest absolute Gasteiger partial charge is 0.444 e. The summed E-state index contributed by atoms with van der Waals surface area (Å²) in [5, 5.41) is 7.78. The second-order valence-electron chi connectivity index (χ2n) is 10.4. The van der Waals surface area contributed by atoms with Gasteiger partial charge in [0.05, 0.1) is 4.47 Å². The molecule has 2 aromatic carbocycles. The van der Waals surface area contributed by atoms with Gasteiger partial charge in [-0.1, -0.05) is 23.8 Å². The number of ether oxygens (including phenoxy) is 1. The highest BCUT2D eigenvalue weighted by Gasteiger charge is 2.24. The van der Waals surface area contributed by atoms with Gasteiger partial charge in [-0.25, -0.2) is 9.78 Å². The predicted octanol–water partition coefficient (Wildman–Crippen LogP) is 7.54. The van der Waals surface area contributed by atoms with Gasteiger partial charge in [0.25, 0.3) is 0 Å². The molecular formula is C29H31BrN6O2. The highest BCUT2D eigenvalue weighted by atomic mass is 79.9. The molecule has 0 spiro atoms. The summed E-state index contributed by atoms with van der Waals surface area (Å²) >= 11 is 3.54. The van der Waals surface area contributed by atoms with Gasteiger partial charge >= 0.3 is 6.09 Å². The van der Waals surface area contributed by atoms with Crippen molar-refractivity contribution in [3.63, 3.8) is 0 Å². The van der Waals surface area contributed by atoms with Crippen molar-refractivity contribution in [1.29, 1.82) is 0 Å².